The smallest absolute Gasteiger partial charge is 0.108 e. The van der Waals surface area contributed by atoms with Crippen LogP contribution in [-0.4, -0.2) is 37.9 Å². The van der Waals surface area contributed by atoms with Crippen molar-refractivity contribution in [3.8, 4) is 0 Å². The summed E-state index contributed by atoms with van der Waals surface area (Å²) in [6.45, 7) is 2.40. The molecule has 1 aliphatic carbocycles. The molecule has 22 heavy (non-hydrogen) atoms. The lowest BCUT2D eigenvalue weighted by atomic mass is 9.88. The van der Waals surface area contributed by atoms with Gasteiger partial charge in [0.2, 0.25) is 0 Å². The van der Waals surface area contributed by atoms with Crippen LogP contribution in [0.5, 0.6) is 0 Å². The van der Waals surface area contributed by atoms with Crippen LogP contribution in [0.25, 0.3) is 0 Å². The van der Waals surface area contributed by atoms with Crippen LogP contribution in [0.2, 0.25) is 0 Å². The fourth-order valence-corrected chi connectivity index (χ4v) is 3.68. The minimum absolute atomic E-state index is 0.681. The van der Waals surface area contributed by atoms with Gasteiger partial charge in [0.1, 0.15) is 5.84 Å². The SMILES string of the molecule is CN(C)c1ccc(N=C(C2CCCCC2)N2CCCC2)cc1. The second-order valence-electron chi connectivity index (χ2n) is 6.91. The molecule has 1 aromatic carbocycles. The van der Waals surface area contributed by atoms with Gasteiger partial charge in [-0.2, -0.15) is 0 Å². The molecule has 3 rings (SSSR count). The molecule has 0 bridgehead atoms. The van der Waals surface area contributed by atoms with Gasteiger partial charge in [-0.15, -0.1) is 0 Å². The molecule has 2 fully saturated rings. The molecule has 1 aromatic rings. The highest BCUT2D eigenvalue weighted by atomic mass is 15.2. The van der Waals surface area contributed by atoms with Crippen molar-refractivity contribution in [1.29, 1.82) is 0 Å². The number of rotatable bonds is 3. The number of benzene rings is 1. The van der Waals surface area contributed by atoms with E-state index in [4.69, 9.17) is 4.99 Å². The molecule has 120 valence electrons. The number of nitrogens with zero attached hydrogens (tertiary/aromatic N) is 3. The van der Waals surface area contributed by atoms with Crippen LogP contribution in [-0.2, 0) is 0 Å². The van der Waals surface area contributed by atoms with Crippen molar-refractivity contribution in [1.82, 2.24) is 4.90 Å². The number of anilines is 1. The van der Waals surface area contributed by atoms with Crippen LogP contribution < -0.4 is 4.90 Å². The number of hydrogen-bond acceptors (Lipinski definition) is 2. The molecule has 1 heterocycles. The largest absolute Gasteiger partial charge is 0.378 e. The van der Waals surface area contributed by atoms with E-state index < -0.39 is 0 Å². The molecule has 0 spiro atoms. The maximum absolute atomic E-state index is 5.09. The van der Waals surface area contributed by atoms with E-state index in [0.29, 0.717) is 5.92 Å². The molecular formula is C19H29N3. The van der Waals surface area contributed by atoms with Gasteiger partial charge in [-0.25, -0.2) is 4.99 Å². The number of likely N-dealkylation sites (tertiary alicyclic amines) is 1. The average molecular weight is 299 g/mol. The van der Waals surface area contributed by atoms with Crippen molar-refractivity contribution in [2.24, 2.45) is 10.9 Å². The van der Waals surface area contributed by atoms with Crippen molar-refractivity contribution in [2.45, 2.75) is 44.9 Å². The van der Waals surface area contributed by atoms with Gasteiger partial charge in [0.05, 0.1) is 5.69 Å². The molecular weight excluding hydrogens is 270 g/mol. The van der Waals surface area contributed by atoms with Gasteiger partial charge in [0.15, 0.2) is 0 Å². The Labute approximate surface area is 135 Å². The van der Waals surface area contributed by atoms with E-state index in [-0.39, 0.29) is 0 Å². The van der Waals surface area contributed by atoms with E-state index in [0.717, 1.165) is 5.69 Å². The first-order valence-electron chi connectivity index (χ1n) is 8.85. The van der Waals surface area contributed by atoms with Crippen molar-refractivity contribution in [3.05, 3.63) is 24.3 Å². The number of amidine groups is 1. The van der Waals surface area contributed by atoms with Gasteiger partial charge in [-0.1, -0.05) is 19.3 Å². The molecule has 1 saturated heterocycles. The van der Waals surface area contributed by atoms with Crippen LogP contribution in [0, 0.1) is 5.92 Å². The van der Waals surface area contributed by atoms with Crippen LogP contribution in [0.15, 0.2) is 29.3 Å². The summed E-state index contributed by atoms with van der Waals surface area (Å²) in [6, 6.07) is 8.66. The fraction of sp³-hybridized carbons (Fsp3) is 0.632. The van der Waals surface area contributed by atoms with E-state index in [9.17, 15) is 0 Å². The first-order chi connectivity index (χ1) is 10.7. The van der Waals surface area contributed by atoms with E-state index in [1.54, 1.807) is 0 Å². The summed E-state index contributed by atoms with van der Waals surface area (Å²) in [5.74, 6) is 2.05. The zero-order valence-electron chi connectivity index (χ0n) is 14.1. The molecule has 3 heteroatoms. The molecule has 1 saturated carbocycles. The van der Waals surface area contributed by atoms with Gasteiger partial charge in [0, 0.05) is 38.8 Å². The van der Waals surface area contributed by atoms with Crippen LogP contribution >= 0.6 is 0 Å². The highest BCUT2D eigenvalue weighted by molar-refractivity contribution is 5.87. The normalized spacial score (nSPS) is 20.5. The van der Waals surface area contributed by atoms with E-state index in [1.165, 1.54) is 69.6 Å². The van der Waals surface area contributed by atoms with E-state index >= 15 is 0 Å². The molecule has 0 aromatic heterocycles. The Kier molecular flexibility index (Phi) is 5.01. The molecule has 0 N–H and O–H groups in total. The quantitative estimate of drug-likeness (QED) is 0.606. The zero-order chi connectivity index (χ0) is 15.4. The lowest BCUT2D eigenvalue weighted by Gasteiger charge is -2.30. The Bertz CT molecular complexity index is 492. The average Bonchev–Trinajstić information content (AvgIpc) is 3.08. The summed E-state index contributed by atoms with van der Waals surface area (Å²) in [4.78, 5) is 9.78. The molecule has 1 aliphatic heterocycles. The Hall–Kier alpha value is -1.51. The maximum Gasteiger partial charge on any atom is 0.108 e. The molecule has 0 unspecified atom stereocenters. The highest BCUT2D eigenvalue weighted by Gasteiger charge is 2.25. The van der Waals surface area contributed by atoms with Crippen molar-refractivity contribution in [3.63, 3.8) is 0 Å². The molecule has 0 atom stereocenters. The van der Waals surface area contributed by atoms with Gasteiger partial charge < -0.3 is 9.80 Å². The predicted molar refractivity (Wildman–Crippen MR) is 95.2 cm³/mol. The Morgan fingerprint density at radius 2 is 1.59 bits per heavy atom. The van der Waals surface area contributed by atoms with Crippen molar-refractivity contribution < 1.29 is 0 Å². The lowest BCUT2D eigenvalue weighted by molar-refractivity contribution is 0.390. The maximum atomic E-state index is 5.09. The van der Waals surface area contributed by atoms with Crippen LogP contribution in [0.1, 0.15) is 44.9 Å². The summed E-state index contributed by atoms with van der Waals surface area (Å²) in [5.41, 5.74) is 2.34. The van der Waals surface area contributed by atoms with E-state index in [2.05, 4.69) is 48.2 Å². The standard InChI is InChI=1S/C19H29N3/c1-21(2)18-12-10-17(11-13-18)20-19(22-14-6-7-15-22)16-8-4-3-5-9-16/h10-13,16H,3-9,14-15H2,1-2H3. The van der Waals surface area contributed by atoms with Gasteiger partial charge in [0.25, 0.3) is 0 Å². The first kappa shape index (κ1) is 15.4. The Morgan fingerprint density at radius 3 is 2.18 bits per heavy atom. The minimum Gasteiger partial charge on any atom is -0.378 e. The summed E-state index contributed by atoms with van der Waals surface area (Å²) in [5, 5.41) is 0. The number of hydrogen-bond donors (Lipinski definition) is 0. The highest BCUT2D eigenvalue weighted by Crippen LogP contribution is 2.29. The number of aliphatic imine (C=N–C) groups is 1. The van der Waals surface area contributed by atoms with Gasteiger partial charge in [-0.3, -0.25) is 0 Å². The molecule has 3 nitrogen and oxygen atoms in total. The van der Waals surface area contributed by atoms with Crippen molar-refractivity contribution in [2.75, 3.05) is 32.1 Å². The third kappa shape index (κ3) is 3.63. The Balaban J connectivity index is 1.83. The van der Waals surface area contributed by atoms with Gasteiger partial charge in [-0.05, 0) is 49.9 Å². The Morgan fingerprint density at radius 1 is 0.955 bits per heavy atom. The molecule has 2 aliphatic rings. The molecule has 0 amide bonds. The fourth-order valence-electron chi connectivity index (χ4n) is 3.68. The topological polar surface area (TPSA) is 18.8 Å². The third-order valence-corrected chi connectivity index (χ3v) is 5.01. The minimum atomic E-state index is 0.681. The third-order valence-electron chi connectivity index (χ3n) is 5.01. The van der Waals surface area contributed by atoms with Crippen LogP contribution in [0.3, 0.4) is 0 Å². The predicted octanol–water partition coefficient (Wildman–Crippen LogP) is 4.46. The lowest BCUT2D eigenvalue weighted by Crippen LogP contribution is -2.34. The van der Waals surface area contributed by atoms with Crippen LogP contribution in [0.4, 0.5) is 11.4 Å². The monoisotopic (exact) mass is 299 g/mol. The summed E-state index contributed by atoms with van der Waals surface area (Å²) in [7, 11) is 4.16. The summed E-state index contributed by atoms with van der Waals surface area (Å²) < 4.78 is 0. The second-order valence-corrected chi connectivity index (χ2v) is 6.91. The summed E-state index contributed by atoms with van der Waals surface area (Å²) in [6.07, 6.45) is 9.45. The van der Waals surface area contributed by atoms with E-state index in [1.807, 2.05) is 0 Å². The first-order valence-corrected chi connectivity index (χ1v) is 8.85. The summed E-state index contributed by atoms with van der Waals surface area (Å²) >= 11 is 0. The van der Waals surface area contributed by atoms with Gasteiger partial charge >= 0.3 is 0 Å². The molecule has 0 radical (unpaired) electrons. The zero-order valence-corrected chi connectivity index (χ0v) is 14.1. The van der Waals surface area contributed by atoms with Crippen molar-refractivity contribution >= 4 is 17.2 Å². The second kappa shape index (κ2) is 7.17.